The van der Waals surface area contributed by atoms with Gasteiger partial charge in [-0.05, 0) is 37.3 Å². The predicted molar refractivity (Wildman–Crippen MR) is 76.6 cm³/mol. The molecule has 2 fully saturated rings. The molecule has 2 aliphatic rings. The molecular weight excluding hydrogens is 238 g/mol. The van der Waals surface area contributed by atoms with E-state index in [4.69, 9.17) is 11.1 Å². The molecule has 0 bridgehead atoms. The molecular formula is C15H21N3O. The number of hydrogen-bond donors (Lipinski definition) is 3. The lowest BCUT2D eigenvalue weighted by Crippen LogP contribution is -2.27. The summed E-state index contributed by atoms with van der Waals surface area (Å²) in [5, 5.41) is 17.8. The second-order valence-electron chi connectivity index (χ2n) is 5.86. The Morgan fingerprint density at radius 1 is 1.37 bits per heavy atom. The summed E-state index contributed by atoms with van der Waals surface area (Å²) in [5.41, 5.74) is 8.75. The summed E-state index contributed by atoms with van der Waals surface area (Å²) in [7, 11) is 0. The molecule has 102 valence electrons. The van der Waals surface area contributed by atoms with Gasteiger partial charge in [-0.3, -0.25) is 5.41 Å². The van der Waals surface area contributed by atoms with Crippen LogP contribution in [0.2, 0.25) is 0 Å². The van der Waals surface area contributed by atoms with Crippen LogP contribution in [-0.2, 0) is 0 Å². The largest absolute Gasteiger partial charge is 0.393 e. The van der Waals surface area contributed by atoms with Crippen molar-refractivity contribution in [2.75, 3.05) is 18.0 Å². The van der Waals surface area contributed by atoms with E-state index in [1.54, 1.807) is 0 Å². The highest BCUT2D eigenvalue weighted by molar-refractivity contribution is 6.01. The molecule has 0 amide bonds. The maximum Gasteiger partial charge on any atom is 0.124 e. The molecule has 4 heteroatoms. The molecule has 1 saturated carbocycles. The molecule has 19 heavy (non-hydrogen) atoms. The van der Waals surface area contributed by atoms with Gasteiger partial charge >= 0.3 is 0 Å². The van der Waals surface area contributed by atoms with Crippen molar-refractivity contribution in [2.24, 2.45) is 17.6 Å². The molecule has 3 unspecified atom stereocenters. The number of benzene rings is 1. The van der Waals surface area contributed by atoms with Crippen LogP contribution in [0.4, 0.5) is 5.69 Å². The van der Waals surface area contributed by atoms with Crippen molar-refractivity contribution in [1.82, 2.24) is 0 Å². The van der Waals surface area contributed by atoms with Crippen molar-refractivity contribution in [2.45, 2.75) is 25.9 Å². The first-order valence-electron chi connectivity index (χ1n) is 6.95. The number of rotatable bonds is 2. The van der Waals surface area contributed by atoms with Crippen LogP contribution in [0, 0.1) is 24.2 Å². The fourth-order valence-corrected chi connectivity index (χ4v) is 3.72. The number of aliphatic hydroxyl groups excluding tert-OH is 1. The van der Waals surface area contributed by atoms with Gasteiger partial charge in [-0.25, -0.2) is 0 Å². The zero-order valence-corrected chi connectivity index (χ0v) is 11.3. The number of para-hydroxylation sites is 1. The molecule has 0 aromatic heterocycles. The van der Waals surface area contributed by atoms with E-state index in [9.17, 15) is 5.11 Å². The minimum atomic E-state index is -0.153. The van der Waals surface area contributed by atoms with Gasteiger partial charge in [0.1, 0.15) is 5.84 Å². The Bertz CT molecular complexity index is 514. The number of amidine groups is 1. The molecule has 1 saturated heterocycles. The average Bonchev–Trinajstić information content (AvgIpc) is 2.91. The third kappa shape index (κ3) is 2.00. The van der Waals surface area contributed by atoms with Crippen LogP contribution in [-0.4, -0.2) is 30.1 Å². The SMILES string of the molecule is Cc1cccc(C(=N)N)c1N1CC2CCC(O)C2C1. The highest BCUT2D eigenvalue weighted by Crippen LogP contribution is 2.41. The minimum Gasteiger partial charge on any atom is -0.393 e. The molecule has 1 aliphatic carbocycles. The van der Waals surface area contributed by atoms with Gasteiger partial charge in [0, 0.05) is 24.6 Å². The first-order valence-corrected chi connectivity index (χ1v) is 6.95. The number of fused-ring (bicyclic) bond motifs is 1. The van der Waals surface area contributed by atoms with E-state index in [2.05, 4.69) is 17.9 Å². The summed E-state index contributed by atoms with van der Waals surface area (Å²) in [5.74, 6) is 1.10. The molecule has 0 spiro atoms. The van der Waals surface area contributed by atoms with Gasteiger partial charge in [-0.15, -0.1) is 0 Å². The third-order valence-electron chi connectivity index (χ3n) is 4.66. The van der Waals surface area contributed by atoms with E-state index in [1.165, 1.54) is 0 Å². The van der Waals surface area contributed by atoms with Crippen LogP contribution in [0.3, 0.4) is 0 Å². The van der Waals surface area contributed by atoms with Crippen LogP contribution >= 0.6 is 0 Å². The number of nitrogen functional groups attached to an aromatic ring is 1. The zero-order valence-electron chi connectivity index (χ0n) is 11.3. The van der Waals surface area contributed by atoms with Gasteiger partial charge in [0.2, 0.25) is 0 Å². The summed E-state index contributed by atoms with van der Waals surface area (Å²) >= 11 is 0. The van der Waals surface area contributed by atoms with Crippen LogP contribution in [0.25, 0.3) is 0 Å². The number of aryl methyl sites for hydroxylation is 1. The number of anilines is 1. The van der Waals surface area contributed by atoms with Crippen LogP contribution < -0.4 is 10.6 Å². The van der Waals surface area contributed by atoms with Crippen molar-refractivity contribution in [3.63, 3.8) is 0 Å². The predicted octanol–water partition coefficient (Wildman–Crippen LogP) is 1.49. The standard InChI is InChI=1S/C15H21N3O/c1-9-3-2-4-11(15(16)17)14(9)18-7-10-5-6-13(19)12(10)8-18/h2-4,10,12-13,19H,5-8H2,1H3,(H3,16,17). The fraction of sp³-hybridized carbons (Fsp3) is 0.533. The summed E-state index contributed by atoms with van der Waals surface area (Å²) in [6.07, 6.45) is 1.90. The average molecular weight is 259 g/mol. The van der Waals surface area contributed by atoms with Gasteiger partial charge < -0.3 is 15.7 Å². The Morgan fingerprint density at radius 2 is 2.16 bits per heavy atom. The molecule has 1 aliphatic heterocycles. The molecule has 1 heterocycles. The molecule has 1 aromatic carbocycles. The molecule has 3 atom stereocenters. The van der Waals surface area contributed by atoms with Gasteiger partial charge in [-0.2, -0.15) is 0 Å². The highest BCUT2D eigenvalue weighted by atomic mass is 16.3. The maximum atomic E-state index is 10.0. The molecule has 4 nitrogen and oxygen atoms in total. The van der Waals surface area contributed by atoms with Crippen LogP contribution in [0.1, 0.15) is 24.0 Å². The first-order chi connectivity index (χ1) is 9.08. The zero-order chi connectivity index (χ0) is 13.6. The summed E-state index contributed by atoms with van der Waals surface area (Å²) < 4.78 is 0. The maximum absolute atomic E-state index is 10.0. The van der Waals surface area contributed by atoms with E-state index < -0.39 is 0 Å². The Hall–Kier alpha value is -1.55. The quantitative estimate of drug-likeness (QED) is 0.556. The van der Waals surface area contributed by atoms with Gasteiger partial charge in [0.25, 0.3) is 0 Å². The van der Waals surface area contributed by atoms with E-state index in [0.29, 0.717) is 11.8 Å². The lowest BCUT2D eigenvalue weighted by molar-refractivity contribution is 0.133. The molecule has 0 radical (unpaired) electrons. The van der Waals surface area contributed by atoms with Crippen molar-refractivity contribution in [3.05, 3.63) is 29.3 Å². The second kappa shape index (κ2) is 4.53. The number of hydrogen-bond acceptors (Lipinski definition) is 3. The first kappa shape index (κ1) is 12.5. The molecule has 3 rings (SSSR count). The topological polar surface area (TPSA) is 73.3 Å². The Balaban J connectivity index is 1.94. The van der Waals surface area contributed by atoms with Crippen LogP contribution in [0.5, 0.6) is 0 Å². The normalized spacial score (nSPS) is 29.6. The number of nitrogens with zero attached hydrogens (tertiary/aromatic N) is 1. The van der Waals surface area contributed by atoms with Crippen molar-refractivity contribution < 1.29 is 5.11 Å². The monoisotopic (exact) mass is 259 g/mol. The van der Waals surface area contributed by atoms with Crippen molar-refractivity contribution in [1.29, 1.82) is 5.41 Å². The van der Waals surface area contributed by atoms with E-state index in [-0.39, 0.29) is 11.9 Å². The van der Waals surface area contributed by atoms with Crippen LogP contribution in [0.15, 0.2) is 18.2 Å². The highest BCUT2D eigenvalue weighted by Gasteiger charge is 2.42. The van der Waals surface area contributed by atoms with Gasteiger partial charge in [0.15, 0.2) is 0 Å². The Kier molecular flexibility index (Phi) is 2.97. The summed E-state index contributed by atoms with van der Waals surface area (Å²) in [6.45, 7) is 3.93. The van der Waals surface area contributed by atoms with Gasteiger partial charge in [0.05, 0.1) is 11.8 Å². The van der Waals surface area contributed by atoms with E-state index >= 15 is 0 Å². The van der Waals surface area contributed by atoms with Gasteiger partial charge in [-0.1, -0.05) is 12.1 Å². The third-order valence-corrected chi connectivity index (χ3v) is 4.66. The van der Waals surface area contributed by atoms with E-state index in [0.717, 1.165) is 42.7 Å². The summed E-state index contributed by atoms with van der Waals surface area (Å²) in [4.78, 5) is 2.31. The fourth-order valence-electron chi connectivity index (χ4n) is 3.72. The molecule has 4 N–H and O–H groups in total. The number of nitrogens with one attached hydrogen (secondary N) is 1. The lowest BCUT2D eigenvalue weighted by atomic mass is 10.00. The number of nitrogens with two attached hydrogens (primary N) is 1. The Labute approximate surface area is 113 Å². The Morgan fingerprint density at radius 3 is 2.84 bits per heavy atom. The summed E-state index contributed by atoms with van der Waals surface area (Å²) in [6, 6.07) is 5.92. The van der Waals surface area contributed by atoms with Crippen molar-refractivity contribution >= 4 is 11.5 Å². The van der Waals surface area contributed by atoms with E-state index in [1.807, 2.05) is 12.1 Å². The lowest BCUT2D eigenvalue weighted by Gasteiger charge is -2.25. The minimum absolute atomic E-state index is 0.122. The molecule has 1 aromatic rings. The number of aliphatic hydroxyl groups is 1. The van der Waals surface area contributed by atoms with Crippen molar-refractivity contribution in [3.8, 4) is 0 Å². The smallest absolute Gasteiger partial charge is 0.124 e. The second-order valence-corrected chi connectivity index (χ2v) is 5.86.